The van der Waals surface area contributed by atoms with Gasteiger partial charge in [-0.2, -0.15) is 0 Å². The Hall–Kier alpha value is -0.800. The minimum atomic E-state index is -0.215. The molecule has 1 unspecified atom stereocenters. The van der Waals surface area contributed by atoms with E-state index in [0.717, 1.165) is 24.7 Å². The van der Waals surface area contributed by atoms with Gasteiger partial charge in [0.15, 0.2) is 11.6 Å². The van der Waals surface area contributed by atoms with Gasteiger partial charge in [0.05, 0.1) is 7.11 Å². The molecule has 4 heteroatoms. The average molecular weight is 340 g/mol. The number of ether oxygens (including phenoxy) is 1. The van der Waals surface area contributed by atoms with Crippen molar-refractivity contribution in [3.8, 4) is 5.75 Å². The van der Waals surface area contributed by atoms with Crippen LogP contribution in [0.1, 0.15) is 43.2 Å². The maximum Gasteiger partial charge on any atom is 0.165 e. The van der Waals surface area contributed by atoms with Crippen LogP contribution in [0.5, 0.6) is 5.75 Å². The molecule has 2 saturated carbocycles. The number of methoxy groups -OCH3 is 1. The van der Waals surface area contributed by atoms with E-state index in [4.69, 9.17) is 4.74 Å². The van der Waals surface area contributed by atoms with Crippen molar-refractivity contribution in [3.05, 3.63) is 29.1 Å². The first-order valence-electron chi connectivity index (χ1n) is 8.82. The molecule has 0 radical (unpaired) electrons. The van der Waals surface area contributed by atoms with Gasteiger partial charge in [-0.3, -0.25) is 4.90 Å². The summed E-state index contributed by atoms with van der Waals surface area (Å²) < 4.78 is 19.0. The normalized spacial score (nSPS) is 23.3. The highest BCUT2D eigenvalue weighted by Gasteiger charge is 2.34. The van der Waals surface area contributed by atoms with Crippen molar-refractivity contribution in [2.24, 2.45) is 11.8 Å². The predicted octanol–water partition coefficient (Wildman–Crippen LogP) is 4.24. The van der Waals surface area contributed by atoms with Crippen LogP contribution in [0, 0.1) is 17.7 Å². The van der Waals surface area contributed by atoms with Crippen LogP contribution in [-0.2, 0) is 12.8 Å². The molecule has 1 aromatic carbocycles. The lowest BCUT2D eigenvalue weighted by atomic mass is 9.87. The molecular formula is C19H27ClFNO. The Bertz CT molecular complexity index is 543. The van der Waals surface area contributed by atoms with Gasteiger partial charge < -0.3 is 4.74 Å². The van der Waals surface area contributed by atoms with E-state index in [2.05, 4.69) is 4.90 Å². The van der Waals surface area contributed by atoms with Gasteiger partial charge in [0, 0.05) is 19.1 Å². The van der Waals surface area contributed by atoms with Crippen LogP contribution in [0.15, 0.2) is 12.1 Å². The lowest BCUT2D eigenvalue weighted by Crippen LogP contribution is -2.41. The third kappa shape index (κ3) is 4.00. The molecule has 2 fully saturated rings. The van der Waals surface area contributed by atoms with Crippen molar-refractivity contribution in [1.82, 2.24) is 4.90 Å². The predicted molar refractivity (Wildman–Crippen MR) is 93.0 cm³/mol. The fourth-order valence-electron chi connectivity index (χ4n) is 3.84. The summed E-state index contributed by atoms with van der Waals surface area (Å²) in [6, 6.07) is 4.27. The number of aryl methyl sites for hydroxylation is 1. The van der Waals surface area contributed by atoms with E-state index < -0.39 is 0 Å². The van der Waals surface area contributed by atoms with Crippen molar-refractivity contribution < 1.29 is 9.13 Å². The first-order valence-corrected chi connectivity index (χ1v) is 8.82. The third-order valence-electron chi connectivity index (χ3n) is 5.57. The highest BCUT2D eigenvalue weighted by Crippen LogP contribution is 2.37. The molecule has 0 amide bonds. The lowest BCUT2D eigenvalue weighted by Gasteiger charge is -2.35. The summed E-state index contributed by atoms with van der Waals surface area (Å²) in [7, 11) is 1.55. The number of halogens is 2. The van der Waals surface area contributed by atoms with E-state index in [9.17, 15) is 4.39 Å². The van der Waals surface area contributed by atoms with Crippen LogP contribution in [0.2, 0.25) is 0 Å². The van der Waals surface area contributed by atoms with Crippen molar-refractivity contribution in [2.45, 2.75) is 51.0 Å². The zero-order chi connectivity index (χ0) is 15.1. The Kier molecular flexibility index (Phi) is 5.17. The van der Waals surface area contributed by atoms with Crippen LogP contribution in [0.3, 0.4) is 0 Å². The average Bonchev–Trinajstić information content (AvgIpc) is 3.41. The van der Waals surface area contributed by atoms with Gasteiger partial charge in [-0.1, -0.05) is 0 Å². The highest BCUT2D eigenvalue weighted by molar-refractivity contribution is 5.85. The third-order valence-corrected chi connectivity index (χ3v) is 5.57. The maximum atomic E-state index is 13.9. The number of rotatable bonds is 6. The molecule has 0 aliphatic heterocycles. The van der Waals surface area contributed by atoms with Crippen LogP contribution in [-0.4, -0.2) is 31.1 Å². The van der Waals surface area contributed by atoms with Crippen molar-refractivity contribution in [2.75, 3.05) is 20.2 Å². The molecule has 0 heterocycles. The summed E-state index contributed by atoms with van der Waals surface area (Å²) in [5.74, 6) is 2.08. The Labute approximate surface area is 144 Å². The van der Waals surface area contributed by atoms with E-state index >= 15 is 0 Å². The summed E-state index contributed by atoms with van der Waals surface area (Å²) in [5, 5.41) is 0. The van der Waals surface area contributed by atoms with Crippen molar-refractivity contribution in [1.29, 1.82) is 0 Å². The number of hydrogen-bond donors (Lipinski definition) is 0. The maximum absolute atomic E-state index is 13.9. The van der Waals surface area contributed by atoms with Crippen LogP contribution in [0.25, 0.3) is 0 Å². The van der Waals surface area contributed by atoms with Crippen molar-refractivity contribution in [3.63, 3.8) is 0 Å². The zero-order valence-corrected chi connectivity index (χ0v) is 14.7. The summed E-state index contributed by atoms with van der Waals surface area (Å²) in [4.78, 5) is 2.76. The molecular weight excluding hydrogens is 313 g/mol. The van der Waals surface area contributed by atoms with Crippen LogP contribution >= 0.6 is 12.4 Å². The first kappa shape index (κ1) is 17.0. The molecule has 0 saturated heterocycles. The highest BCUT2D eigenvalue weighted by atomic mass is 35.5. The van der Waals surface area contributed by atoms with Gasteiger partial charge in [0.25, 0.3) is 0 Å². The minimum Gasteiger partial charge on any atom is -0.494 e. The first-order chi connectivity index (χ1) is 10.7. The van der Waals surface area contributed by atoms with E-state index in [1.54, 1.807) is 13.2 Å². The molecule has 0 bridgehead atoms. The SMILES string of the molecule is COc1cc2c(cc1F)CCC(N(CC1CC1)CC1CC1)C2.Cl. The molecule has 0 aromatic heterocycles. The van der Waals surface area contributed by atoms with E-state index in [-0.39, 0.29) is 18.2 Å². The Morgan fingerprint density at radius 3 is 2.26 bits per heavy atom. The van der Waals surface area contributed by atoms with Gasteiger partial charge in [0.2, 0.25) is 0 Å². The quantitative estimate of drug-likeness (QED) is 0.768. The summed E-state index contributed by atoms with van der Waals surface area (Å²) >= 11 is 0. The molecule has 0 N–H and O–H groups in total. The molecule has 1 atom stereocenters. The monoisotopic (exact) mass is 339 g/mol. The number of benzene rings is 1. The Balaban J connectivity index is 0.00000156. The lowest BCUT2D eigenvalue weighted by molar-refractivity contribution is 0.164. The fourth-order valence-corrected chi connectivity index (χ4v) is 3.84. The number of fused-ring (bicyclic) bond motifs is 1. The molecule has 23 heavy (non-hydrogen) atoms. The molecule has 2 nitrogen and oxygen atoms in total. The smallest absolute Gasteiger partial charge is 0.165 e. The fraction of sp³-hybridized carbons (Fsp3) is 0.684. The van der Waals surface area contributed by atoms with Gasteiger partial charge in [-0.15, -0.1) is 12.4 Å². The van der Waals surface area contributed by atoms with E-state index in [1.807, 2.05) is 6.07 Å². The van der Waals surface area contributed by atoms with Gasteiger partial charge in [0.1, 0.15) is 0 Å². The van der Waals surface area contributed by atoms with Gasteiger partial charge in [-0.05, 0) is 80.0 Å². The van der Waals surface area contributed by atoms with Crippen LogP contribution in [0.4, 0.5) is 4.39 Å². The Morgan fingerprint density at radius 2 is 1.70 bits per heavy atom. The molecule has 3 aliphatic carbocycles. The minimum absolute atomic E-state index is 0. The van der Waals surface area contributed by atoms with Crippen LogP contribution < -0.4 is 4.74 Å². The molecule has 3 aliphatic rings. The standard InChI is InChI=1S/C19H26FNO.ClH/c1-22-19-10-16-8-17(7-6-15(16)9-18(19)20)21(11-13-2-3-13)12-14-4-5-14;/h9-10,13-14,17H,2-8,11-12H2,1H3;1H. The molecule has 128 valence electrons. The summed E-state index contributed by atoms with van der Waals surface area (Å²) in [6.45, 7) is 2.57. The Morgan fingerprint density at radius 1 is 1.04 bits per heavy atom. The van der Waals surface area contributed by atoms with E-state index in [0.29, 0.717) is 11.8 Å². The largest absolute Gasteiger partial charge is 0.494 e. The summed E-state index contributed by atoms with van der Waals surface area (Å²) in [5.41, 5.74) is 2.48. The second kappa shape index (κ2) is 6.98. The van der Waals surface area contributed by atoms with Gasteiger partial charge in [-0.25, -0.2) is 4.39 Å². The van der Waals surface area contributed by atoms with Crippen molar-refractivity contribution >= 4 is 12.4 Å². The number of hydrogen-bond acceptors (Lipinski definition) is 2. The molecule has 0 spiro atoms. The summed E-state index contributed by atoms with van der Waals surface area (Å²) in [6.07, 6.45) is 8.93. The second-order valence-electron chi connectivity index (χ2n) is 7.49. The second-order valence-corrected chi connectivity index (χ2v) is 7.49. The number of nitrogens with zero attached hydrogens (tertiary/aromatic N) is 1. The van der Waals surface area contributed by atoms with Gasteiger partial charge >= 0.3 is 0 Å². The zero-order valence-electron chi connectivity index (χ0n) is 13.9. The molecule has 1 aromatic rings. The topological polar surface area (TPSA) is 12.5 Å². The molecule has 4 rings (SSSR count). The van der Waals surface area contributed by atoms with E-state index in [1.165, 1.54) is 56.3 Å².